The van der Waals surface area contributed by atoms with Crippen molar-refractivity contribution in [3.05, 3.63) is 23.8 Å². The molecule has 1 saturated heterocycles. The van der Waals surface area contributed by atoms with E-state index in [-0.39, 0.29) is 11.8 Å². The average molecular weight is 262 g/mol. The molecule has 1 N–H and O–H groups in total. The van der Waals surface area contributed by atoms with Crippen molar-refractivity contribution in [3.63, 3.8) is 0 Å². The molecule has 1 unspecified atom stereocenters. The average Bonchev–Trinajstić information content (AvgIpc) is 2.99. The van der Waals surface area contributed by atoms with Crippen LogP contribution in [-0.4, -0.2) is 33.2 Å². The fourth-order valence-corrected chi connectivity index (χ4v) is 2.52. The first-order chi connectivity index (χ1) is 9.17. The molecule has 1 heterocycles. The van der Waals surface area contributed by atoms with E-state index in [9.17, 15) is 4.79 Å². The van der Waals surface area contributed by atoms with Crippen molar-refractivity contribution in [2.75, 3.05) is 32.1 Å². The van der Waals surface area contributed by atoms with Gasteiger partial charge in [-0.25, -0.2) is 0 Å². The highest BCUT2D eigenvalue weighted by atomic mass is 16.5. The van der Waals surface area contributed by atoms with Gasteiger partial charge in [-0.2, -0.15) is 0 Å². The maximum atomic E-state index is 12.4. The fraction of sp³-hybridized carbons (Fsp3) is 0.533. The Morgan fingerprint density at radius 1 is 1.53 bits per heavy atom. The summed E-state index contributed by atoms with van der Waals surface area (Å²) < 4.78 is 5.32. The molecule has 1 aromatic carbocycles. The van der Waals surface area contributed by atoms with Gasteiger partial charge in [-0.05, 0) is 43.1 Å². The van der Waals surface area contributed by atoms with E-state index in [1.54, 1.807) is 12.0 Å². The molecule has 2 rings (SSSR count). The number of nitrogens with zero attached hydrogens (tertiary/aromatic N) is 1. The van der Waals surface area contributed by atoms with Gasteiger partial charge in [-0.15, -0.1) is 0 Å². The molecular weight excluding hydrogens is 240 g/mol. The Labute approximate surface area is 114 Å². The molecule has 1 aliphatic rings. The van der Waals surface area contributed by atoms with Crippen LogP contribution < -0.4 is 15.0 Å². The first-order valence-electron chi connectivity index (χ1n) is 6.82. The molecule has 0 radical (unpaired) electrons. The van der Waals surface area contributed by atoms with Crippen LogP contribution in [-0.2, 0) is 11.2 Å². The standard InChI is InChI=1S/C15H22N2O2/c1-4-11-9-13(5-6-14(11)19-3)17(2)15(18)12-7-8-16-10-12/h5-6,9,12,16H,4,7-8,10H2,1-3H3. The molecule has 1 atom stereocenters. The van der Waals surface area contributed by atoms with Gasteiger partial charge < -0.3 is 15.0 Å². The van der Waals surface area contributed by atoms with E-state index in [2.05, 4.69) is 12.2 Å². The van der Waals surface area contributed by atoms with Crippen LogP contribution in [0.25, 0.3) is 0 Å². The molecule has 4 heteroatoms. The van der Waals surface area contributed by atoms with E-state index in [0.717, 1.165) is 42.9 Å². The predicted octanol–water partition coefficient (Wildman–Crippen LogP) is 1.83. The molecule has 4 nitrogen and oxygen atoms in total. The normalized spacial score (nSPS) is 18.4. The highest BCUT2D eigenvalue weighted by molar-refractivity contribution is 5.95. The van der Waals surface area contributed by atoms with Crippen molar-refractivity contribution in [2.45, 2.75) is 19.8 Å². The van der Waals surface area contributed by atoms with Gasteiger partial charge in [0.25, 0.3) is 0 Å². The molecule has 1 aromatic rings. The molecule has 1 aliphatic heterocycles. The van der Waals surface area contributed by atoms with Gasteiger partial charge in [0, 0.05) is 19.3 Å². The molecule has 1 fully saturated rings. The molecule has 0 aromatic heterocycles. The van der Waals surface area contributed by atoms with Gasteiger partial charge >= 0.3 is 0 Å². The van der Waals surface area contributed by atoms with Crippen molar-refractivity contribution in [2.24, 2.45) is 5.92 Å². The first kappa shape index (κ1) is 13.9. The van der Waals surface area contributed by atoms with E-state index in [0.29, 0.717) is 0 Å². The second-order valence-electron chi connectivity index (χ2n) is 4.94. The number of hydrogen-bond acceptors (Lipinski definition) is 3. The van der Waals surface area contributed by atoms with Gasteiger partial charge in [0.15, 0.2) is 0 Å². The van der Waals surface area contributed by atoms with E-state index in [1.165, 1.54) is 0 Å². The number of anilines is 1. The van der Waals surface area contributed by atoms with Crippen LogP contribution in [0.1, 0.15) is 18.9 Å². The Bertz CT molecular complexity index is 453. The lowest BCUT2D eigenvalue weighted by Crippen LogP contribution is -2.34. The largest absolute Gasteiger partial charge is 0.496 e. The second kappa shape index (κ2) is 6.06. The summed E-state index contributed by atoms with van der Waals surface area (Å²) in [5.74, 6) is 1.18. The molecule has 0 spiro atoms. The highest BCUT2D eigenvalue weighted by Crippen LogP contribution is 2.26. The number of carbonyl (C=O) groups is 1. The highest BCUT2D eigenvalue weighted by Gasteiger charge is 2.26. The van der Waals surface area contributed by atoms with Gasteiger partial charge in [0.1, 0.15) is 5.75 Å². The van der Waals surface area contributed by atoms with E-state index < -0.39 is 0 Å². The molecule has 104 valence electrons. The summed E-state index contributed by atoms with van der Waals surface area (Å²) in [5, 5.41) is 3.23. The summed E-state index contributed by atoms with van der Waals surface area (Å²) in [5.41, 5.74) is 2.07. The van der Waals surface area contributed by atoms with Gasteiger partial charge in [0.05, 0.1) is 13.0 Å². The second-order valence-corrected chi connectivity index (χ2v) is 4.94. The van der Waals surface area contributed by atoms with Gasteiger partial charge in [-0.3, -0.25) is 4.79 Å². The van der Waals surface area contributed by atoms with Crippen molar-refractivity contribution in [3.8, 4) is 5.75 Å². The number of nitrogens with one attached hydrogen (secondary N) is 1. The number of hydrogen-bond donors (Lipinski definition) is 1. The summed E-state index contributed by atoms with van der Waals surface area (Å²) in [6.07, 6.45) is 1.82. The van der Waals surface area contributed by atoms with Crippen molar-refractivity contribution < 1.29 is 9.53 Å². The zero-order valence-electron chi connectivity index (χ0n) is 11.9. The van der Waals surface area contributed by atoms with Crippen LogP contribution in [0, 0.1) is 5.92 Å². The number of ether oxygens (including phenoxy) is 1. The summed E-state index contributed by atoms with van der Waals surface area (Å²) in [6, 6.07) is 5.92. The quantitative estimate of drug-likeness (QED) is 0.900. The van der Waals surface area contributed by atoms with E-state index >= 15 is 0 Å². The maximum Gasteiger partial charge on any atom is 0.231 e. The minimum atomic E-state index is 0.108. The number of carbonyl (C=O) groups excluding carboxylic acids is 1. The Morgan fingerprint density at radius 3 is 2.89 bits per heavy atom. The minimum Gasteiger partial charge on any atom is -0.496 e. The molecule has 0 aliphatic carbocycles. The Kier molecular flexibility index (Phi) is 4.43. The number of benzene rings is 1. The first-order valence-corrected chi connectivity index (χ1v) is 6.82. The molecule has 0 bridgehead atoms. The van der Waals surface area contributed by atoms with Crippen molar-refractivity contribution in [1.29, 1.82) is 0 Å². The summed E-state index contributed by atoms with van der Waals surface area (Å²) in [6.45, 7) is 3.82. The van der Waals surface area contributed by atoms with Crippen LogP contribution in [0.5, 0.6) is 5.75 Å². The Balaban J connectivity index is 2.18. The molecule has 19 heavy (non-hydrogen) atoms. The summed E-state index contributed by atoms with van der Waals surface area (Å²) >= 11 is 0. The Hall–Kier alpha value is -1.55. The molecule has 1 amide bonds. The van der Waals surface area contributed by atoms with E-state index in [1.807, 2.05) is 25.2 Å². The maximum absolute atomic E-state index is 12.4. The third-order valence-corrected chi connectivity index (χ3v) is 3.77. The lowest BCUT2D eigenvalue weighted by atomic mass is 10.1. The Morgan fingerprint density at radius 2 is 2.32 bits per heavy atom. The topological polar surface area (TPSA) is 41.6 Å². The van der Waals surface area contributed by atoms with Crippen LogP contribution in [0.2, 0.25) is 0 Å². The van der Waals surface area contributed by atoms with Crippen LogP contribution >= 0.6 is 0 Å². The SMILES string of the molecule is CCc1cc(N(C)C(=O)C2CCNC2)ccc1OC. The van der Waals surface area contributed by atoms with E-state index in [4.69, 9.17) is 4.74 Å². The summed E-state index contributed by atoms with van der Waals surface area (Å²) in [4.78, 5) is 14.1. The molecule has 0 saturated carbocycles. The number of methoxy groups -OCH3 is 1. The third-order valence-electron chi connectivity index (χ3n) is 3.77. The lowest BCUT2D eigenvalue weighted by molar-refractivity contribution is -0.121. The van der Waals surface area contributed by atoms with Crippen LogP contribution in [0.4, 0.5) is 5.69 Å². The third kappa shape index (κ3) is 2.89. The smallest absolute Gasteiger partial charge is 0.231 e. The van der Waals surface area contributed by atoms with Crippen LogP contribution in [0.15, 0.2) is 18.2 Å². The number of rotatable bonds is 4. The monoisotopic (exact) mass is 262 g/mol. The molecular formula is C15H22N2O2. The van der Waals surface area contributed by atoms with Crippen LogP contribution in [0.3, 0.4) is 0 Å². The number of aryl methyl sites for hydroxylation is 1. The minimum absolute atomic E-state index is 0.108. The van der Waals surface area contributed by atoms with Gasteiger partial charge in [-0.1, -0.05) is 6.92 Å². The fourth-order valence-electron chi connectivity index (χ4n) is 2.52. The van der Waals surface area contributed by atoms with Crippen molar-refractivity contribution in [1.82, 2.24) is 5.32 Å². The zero-order chi connectivity index (χ0) is 13.8. The van der Waals surface area contributed by atoms with Crippen molar-refractivity contribution >= 4 is 11.6 Å². The zero-order valence-corrected chi connectivity index (χ0v) is 11.9. The summed E-state index contributed by atoms with van der Waals surface area (Å²) in [7, 11) is 3.52. The van der Waals surface area contributed by atoms with Gasteiger partial charge in [0.2, 0.25) is 5.91 Å². The number of amides is 1. The predicted molar refractivity (Wildman–Crippen MR) is 76.8 cm³/mol. The lowest BCUT2D eigenvalue weighted by Gasteiger charge is -2.22.